The van der Waals surface area contributed by atoms with Crippen LogP contribution in [0.2, 0.25) is 0 Å². The molecule has 0 aliphatic carbocycles. The molecule has 0 unspecified atom stereocenters. The summed E-state index contributed by atoms with van der Waals surface area (Å²) >= 11 is 0. The lowest BCUT2D eigenvalue weighted by molar-refractivity contribution is 0.381. The maximum Gasteiger partial charge on any atom is 0.133 e. The summed E-state index contributed by atoms with van der Waals surface area (Å²) in [7, 11) is 0. The van der Waals surface area contributed by atoms with E-state index in [0.717, 1.165) is 18.7 Å². The zero-order chi connectivity index (χ0) is 13.2. The Morgan fingerprint density at radius 3 is 2.61 bits per heavy atom. The molecule has 96 valence electrons. The molecule has 0 saturated heterocycles. The van der Waals surface area contributed by atoms with E-state index in [1.54, 1.807) is 0 Å². The molecule has 0 atom stereocenters. The summed E-state index contributed by atoms with van der Waals surface area (Å²) in [5, 5.41) is 8.26. The van der Waals surface area contributed by atoms with Crippen molar-refractivity contribution in [1.29, 1.82) is 0 Å². The molecule has 0 fully saturated rings. The van der Waals surface area contributed by atoms with Crippen LogP contribution in [0.3, 0.4) is 0 Å². The van der Waals surface area contributed by atoms with Gasteiger partial charge in [-0.3, -0.25) is 0 Å². The maximum absolute atomic E-state index is 4.23. The van der Waals surface area contributed by atoms with Gasteiger partial charge in [-0.25, -0.2) is 0 Å². The van der Waals surface area contributed by atoms with Crippen molar-refractivity contribution in [3.8, 4) is 0 Å². The highest BCUT2D eigenvalue weighted by molar-refractivity contribution is 5.22. The Bertz CT molecular complexity index is 521. The van der Waals surface area contributed by atoms with E-state index in [2.05, 4.69) is 66.7 Å². The number of benzene rings is 1. The summed E-state index contributed by atoms with van der Waals surface area (Å²) in [6.45, 7) is 8.65. The number of hydrogen-bond acceptors (Lipinski definition) is 2. The second-order valence-electron chi connectivity index (χ2n) is 5.78. The van der Waals surface area contributed by atoms with E-state index < -0.39 is 0 Å². The van der Waals surface area contributed by atoms with Gasteiger partial charge in [0.15, 0.2) is 0 Å². The highest BCUT2D eigenvalue weighted by Crippen LogP contribution is 2.16. The highest BCUT2D eigenvalue weighted by Gasteiger charge is 2.17. The Hall–Kier alpha value is -1.64. The normalized spacial score (nSPS) is 11.8. The lowest BCUT2D eigenvalue weighted by Crippen LogP contribution is -2.23. The lowest BCUT2D eigenvalue weighted by Gasteiger charge is -2.22. The van der Waals surface area contributed by atoms with Gasteiger partial charge < -0.3 is 4.57 Å². The van der Waals surface area contributed by atoms with E-state index >= 15 is 0 Å². The minimum Gasteiger partial charge on any atom is -0.312 e. The largest absolute Gasteiger partial charge is 0.312 e. The van der Waals surface area contributed by atoms with Crippen LogP contribution in [0.1, 0.15) is 37.7 Å². The molecule has 1 heterocycles. The molecule has 0 aliphatic rings. The van der Waals surface area contributed by atoms with Crippen LogP contribution in [0.4, 0.5) is 0 Å². The molecule has 3 heteroatoms. The third kappa shape index (κ3) is 2.97. The summed E-state index contributed by atoms with van der Waals surface area (Å²) in [6.07, 6.45) is 3.77. The topological polar surface area (TPSA) is 30.7 Å². The van der Waals surface area contributed by atoms with Crippen molar-refractivity contribution in [3.05, 3.63) is 47.5 Å². The molecule has 0 radical (unpaired) electrons. The Morgan fingerprint density at radius 2 is 1.94 bits per heavy atom. The van der Waals surface area contributed by atoms with Crippen LogP contribution in [-0.4, -0.2) is 14.8 Å². The highest BCUT2D eigenvalue weighted by atomic mass is 15.3. The molecular weight excluding hydrogens is 222 g/mol. The molecule has 0 amide bonds. The first-order valence-corrected chi connectivity index (χ1v) is 6.42. The van der Waals surface area contributed by atoms with Gasteiger partial charge in [0.2, 0.25) is 0 Å². The predicted octanol–water partition coefficient (Wildman–Crippen LogP) is 3.13. The van der Waals surface area contributed by atoms with E-state index in [4.69, 9.17) is 0 Å². The number of nitrogens with zero attached hydrogens (tertiary/aromatic N) is 3. The zero-order valence-electron chi connectivity index (χ0n) is 11.6. The molecule has 3 nitrogen and oxygen atoms in total. The lowest BCUT2D eigenvalue weighted by atomic mass is 10.1. The van der Waals surface area contributed by atoms with Crippen molar-refractivity contribution >= 4 is 0 Å². The fraction of sp³-hybridized carbons (Fsp3) is 0.467. The van der Waals surface area contributed by atoms with E-state index in [1.165, 1.54) is 11.1 Å². The van der Waals surface area contributed by atoms with Gasteiger partial charge in [-0.1, -0.05) is 29.8 Å². The third-order valence-corrected chi connectivity index (χ3v) is 3.06. The number of aryl methyl sites for hydroxylation is 3. The summed E-state index contributed by atoms with van der Waals surface area (Å²) in [5.41, 5.74) is 2.72. The van der Waals surface area contributed by atoms with Gasteiger partial charge in [0, 0.05) is 12.0 Å². The summed E-state index contributed by atoms with van der Waals surface area (Å²) in [6, 6.07) is 8.64. The average Bonchev–Trinajstić information content (AvgIpc) is 2.74. The summed E-state index contributed by atoms with van der Waals surface area (Å²) in [5.74, 6) is 1.06. The molecule has 1 aromatic carbocycles. The van der Waals surface area contributed by atoms with Gasteiger partial charge in [-0.05, 0) is 39.7 Å². The van der Waals surface area contributed by atoms with Gasteiger partial charge in [0.25, 0.3) is 0 Å². The molecule has 2 rings (SSSR count). The second kappa shape index (κ2) is 4.92. The molecule has 18 heavy (non-hydrogen) atoms. The van der Waals surface area contributed by atoms with Crippen LogP contribution < -0.4 is 0 Å². The van der Waals surface area contributed by atoms with Crippen molar-refractivity contribution in [2.75, 3.05) is 0 Å². The van der Waals surface area contributed by atoms with Crippen LogP contribution >= 0.6 is 0 Å². The van der Waals surface area contributed by atoms with Crippen LogP contribution in [0.5, 0.6) is 0 Å². The molecule has 0 N–H and O–H groups in total. The maximum atomic E-state index is 4.23. The zero-order valence-corrected chi connectivity index (χ0v) is 11.6. The molecular formula is C15H21N3. The van der Waals surface area contributed by atoms with Crippen LogP contribution in [0.25, 0.3) is 0 Å². The minimum absolute atomic E-state index is 0.0471. The Labute approximate surface area is 109 Å². The fourth-order valence-corrected chi connectivity index (χ4v) is 2.11. The first-order valence-electron chi connectivity index (χ1n) is 6.42. The Balaban J connectivity index is 2.09. The van der Waals surface area contributed by atoms with E-state index in [1.807, 2.05) is 6.33 Å². The van der Waals surface area contributed by atoms with Crippen molar-refractivity contribution in [1.82, 2.24) is 14.8 Å². The van der Waals surface area contributed by atoms with Crippen LogP contribution in [0.15, 0.2) is 30.6 Å². The number of rotatable bonds is 3. The quantitative estimate of drug-likeness (QED) is 0.829. The van der Waals surface area contributed by atoms with Crippen LogP contribution in [0, 0.1) is 6.92 Å². The first-order chi connectivity index (χ1) is 8.47. The summed E-state index contributed by atoms with van der Waals surface area (Å²) < 4.78 is 2.16. The van der Waals surface area contributed by atoms with E-state index in [-0.39, 0.29) is 5.54 Å². The standard InChI is InChI=1S/C15H21N3/c1-12-6-5-7-13(10-12)8-9-14-17-16-11-18(14)15(2,3)4/h5-7,10-11H,8-9H2,1-4H3. The van der Waals surface area contributed by atoms with E-state index in [9.17, 15) is 0 Å². The molecule has 2 aromatic rings. The monoisotopic (exact) mass is 243 g/mol. The van der Waals surface area contributed by atoms with Gasteiger partial charge in [-0.2, -0.15) is 0 Å². The molecule has 1 aromatic heterocycles. The minimum atomic E-state index is 0.0471. The third-order valence-electron chi connectivity index (χ3n) is 3.06. The number of aromatic nitrogens is 3. The van der Waals surface area contributed by atoms with Gasteiger partial charge in [0.1, 0.15) is 12.2 Å². The van der Waals surface area contributed by atoms with Crippen LogP contribution in [-0.2, 0) is 18.4 Å². The van der Waals surface area contributed by atoms with Gasteiger partial charge in [-0.15, -0.1) is 10.2 Å². The average molecular weight is 243 g/mol. The van der Waals surface area contributed by atoms with E-state index in [0.29, 0.717) is 0 Å². The molecule has 0 saturated carbocycles. The SMILES string of the molecule is Cc1cccc(CCc2nncn2C(C)(C)C)c1. The van der Waals surface area contributed by atoms with Crippen molar-refractivity contribution in [2.24, 2.45) is 0 Å². The van der Waals surface area contributed by atoms with Crippen molar-refractivity contribution in [2.45, 2.75) is 46.1 Å². The second-order valence-corrected chi connectivity index (χ2v) is 5.78. The molecule has 0 spiro atoms. The smallest absolute Gasteiger partial charge is 0.133 e. The Morgan fingerprint density at radius 1 is 1.17 bits per heavy atom. The van der Waals surface area contributed by atoms with Crippen molar-refractivity contribution < 1.29 is 0 Å². The predicted molar refractivity (Wildman–Crippen MR) is 73.6 cm³/mol. The van der Waals surface area contributed by atoms with Gasteiger partial charge >= 0.3 is 0 Å². The van der Waals surface area contributed by atoms with Gasteiger partial charge in [0.05, 0.1) is 0 Å². The number of hydrogen-bond donors (Lipinski definition) is 0. The Kier molecular flexibility index (Phi) is 3.50. The van der Waals surface area contributed by atoms with Crippen molar-refractivity contribution in [3.63, 3.8) is 0 Å². The molecule has 0 bridgehead atoms. The summed E-state index contributed by atoms with van der Waals surface area (Å²) in [4.78, 5) is 0. The fourth-order valence-electron chi connectivity index (χ4n) is 2.11. The first kappa shape index (κ1) is 12.8. The molecule has 0 aliphatic heterocycles.